The molecule has 0 radical (unpaired) electrons. The van der Waals surface area contributed by atoms with Crippen molar-refractivity contribution in [3.05, 3.63) is 0 Å². The normalized spacial score (nSPS) is 24.3. The van der Waals surface area contributed by atoms with Crippen LogP contribution in [0.25, 0.3) is 0 Å². The van der Waals surface area contributed by atoms with Gasteiger partial charge in [-0.25, -0.2) is 0 Å². The summed E-state index contributed by atoms with van der Waals surface area (Å²) >= 11 is 0. The molecule has 1 saturated heterocycles. The molecular weight excluding hydrogens is 202 g/mol. The largest absolute Gasteiger partial charge is 0.342 e. The van der Waals surface area contributed by atoms with E-state index < -0.39 is 0 Å². The standard InChI is InChI=1S/C12H23N3O/c1-9(2)12(13)7-15(8-12)6-11(16)14(3)10-4-5-10/h9-10H,4-8,13H2,1-3H3. The molecule has 2 fully saturated rings. The van der Waals surface area contributed by atoms with Gasteiger partial charge in [0.25, 0.3) is 0 Å². The first-order chi connectivity index (χ1) is 7.42. The smallest absolute Gasteiger partial charge is 0.236 e. The van der Waals surface area contributed by atoms with Gasteiger partial charge in [-0.2, -0.15) is 0 Å². The Kier molecular flexibility index (Phi) is 2.97. The van der Waals surface area contributed by atoms with E-state index in [1.54, 1.807) is 0 Å². The Morgan fingerprint density at radius 3 is 2.50 bits per heavy atom. The fourth-order valence-electron chi connectivity index (χ4n) is 2.23. The third-order valence-corrected chi connectivity index (χ3v) is 4.03. The van der Waals surface area contributed by atoms with Gasteiger partial charge in [0.1, 0.15) is 0 Å². The summed E-state index contributed by atoms with van der Waals surface area (Å²) in [6, 6.07) is 0.515. The van der Waals surface area contributed by atoms with E-state index in [0.29, 0.717) is 18.5 Å². The molecule has 0 aromatic heterocycles. The molecule has 4 nitrogen and oxygen atoms in total. The topological polar surface area (TPSA) is 49.6 Å². The SMILES string of the molecule is CC(C)C1(N)CN(CC(=O)N(C)C2CC2)C1. The zero-order valence-electron chi connectivity index (χ0n) is 10.6. The van der Waals surface area contributed by atoms with Crippen molar-refractivity contribution >= 4 is 5.91 Å². The number of carbonyl (C=O) groups excluding carboxylic acids is 1. The average molecular weight is 225 g/mol. The van der Waals surface area contributed by atoms with Gasteiger partial charge in [0.2, 0.25) is 5.91 Å². The lowest BCUT2D eigenvalue weighted by molar-refractivity contribution is -0.134. The number of amides is 1. The van der Waals surface area contributed by atoms with E-state index in [9.17, 15) is 4.79 Å². The maximum atomic E-state index is 11.9. The highest BCUT2D eigenvalue weighted by atomic mass is 16.2. The Bertz CT molecular complexity index is 280. The molecule has 16 heavy (non-hydrogen) atoms. The van der Waals surface area contributed by atoms with Crippen LogP contribution >= 0.6 is 0 Å². The second kappa shape index (κ2) is 4.00. The van der Waals surface area contributed by atoms with E-state index in [-0.39, 0.29) is 11.4 Å². The monoisotopic (exact) mass is 225 g/mol. The van der Waals surface area contributed by atoms with Crippen LogP contribution in [0.15, 0.2) is 0 Å². The van der Waals surface area contributed by atoms with Crippen molar-refractivity contribution in [2.45, 2.75) is 38.3 Å². The summed E-state index contributed by atoms with van der Waals surface area (Å²) in [6.07, 6.45) is 2.35. The van der Waals surface area contributed by atoms with E-state index in [4.69, 9.17) is 5.73 Å². The molecule has 1 heterocycles. The molecule has 1 saturated carbocycles. The van der Waals surface area contributed by atoms with E-state index in [2.05, 4.69) is 18.7 Å². The van der Waals surface area contributed by atoms with Gasteiger partial charge < -0.3 is 10.6 Å². The lowest BCUT2D eigenvalue weighted by Gasteiger charge is -2.50. The highest BCUT2D eigenvalue weighted by Gasteiger charge is 2.43. The van der Waals surface area contributed by atoms with Crippen LogP contribution in [0.1, 0.15) is 26.7 Å². The van der Waals surface area contributed by atoms with E-state index in [0.717, 1.165) is 13.1 Å². The molecule has 1 amide bonds. The molecule has 92 valence electrons. The zero-order valence-corrected chi connectivity index (χ0v) is 10.6. The Morgan fingerprint density at radius 2 is 2.06 bits per heavy atom. The second-order valence-electron chi connectivity index (χ2n) is 5.77. The highest BCUT2D eigenvalue weighted by molar-refractivity contribution is 5.78. The predicted octanol–water partition coefficient (Wildman–Crippen LogP) is 0.276. The summed E-state index contributed by atoms with van der Waals surface area (Å²) in [5, 5.41) is 0. The number of rotatable bonds is 4. The number of likely N-dealkylation sites (N-methyl/N-ethyl adjacent to an activating group) is 1. The fourth-order valence-corrected chi connectivity index (χ4v) is 2.23. The molecule has 0 bridgehead atoms. The average Bonchev–Trinajstić information content (AvgIpc) is 2.96. The van der Waals surface area contributed by atoms with Crippen molar-refractivity contribution in [3.63, 3.8) is 0 Å². The van der Waals surface area contributed by atoms with Crippen LogP contribution in [-0.4, -0.2) is 54.0 Å². The first-order valence-corrected chi connectivity index (χ1v) is 6.19. The number of carbonyl (C=O) groups is 1. The Balaban J connectivity index is 1.74. The summed E-state index contributed by atoms with van der Waals surface area (Å²) in [4.78, 5) is 15.9. The molecule has 2 rings (SSSR count). The van der Waals surface area contributed by atoms with Crippen LogP contribution in [0.5, 0.6) is 0 Å². The molecule has 0 atom stereocenters. The number of likely N-dealkylation sites (tertiary alicyclic amines) is 1. The van der Waals surface area contributed by atoms with Crippen LogP contribution in [0.4, 0.5) is 0 Å². The molecule has 0 aromatic carbocycles. The van der Waals surface area contributed by atoms with Crippen molar-refractivity contribution in [1.29, 1.82) is 0 Å². The second-order valence-corrected chi connectivity index (χ2v) is 5.77. The van der Waals surface area contributed by atoms with Gasteiger partial charge >= 0.3 is 0 Å². The minimum Gasteiger partial charge on any atom is -0.342 e. The van der Waals surface area contributed by atoms with Gasteiger partial charge in [-0.1, -0.05) is 13.8 Å². The van der Waals surface area contributed by atoms with Crippen molar-refractivity contribution in [3.8, 4) is 0 Å². The first kappa shape index (κ1) is 11.9. The fraction of sp³-hybridized carbons (Fsp3) is 0.917. The molecule has 0 aromatic rings. The summed E-state index contributed by atoms with van der Waals surface area (Å²) in [6.45, 7) is 6.55. The predicted molar refractivity (Wildman–Crippen MR) is 64.0 cm³/mol. The van der Waals surface area contributed by atoms with E-state index in [1.165, 1.54) is 12.8 Å². The molecule has 1 aliphatic carbocycles. The van der Waals surface area contributed by atoms with Crippen LogP contribution in [0, 0.1) is 5.92 Å². The lowest BCUT2D eigenvalue weighted by Crippen LogP contribution is -2.70. The first-order valence-electron chi connectivity index (χ1n) is 6.19. The summed E-state index contributed by atoms with van der Waals surface area (Å²) in [5.74, 6) is 0.730. The van der Waals surface area contributed by atoms with Gasteiger partial charge in [0.05, 0.1) is 6.54 Å². The minimum atomic E-state index is -0.0710. The number of hydrogen-bond acceptors (Lipinski definition) is 3. The van der Waals surface area contributed by atoms with Crippen molar-refractivity contribution in [2.75, 3.05) is 26.7 Å². The van der Waals surface area contributed by atoms with Crippen molar-refractivity contribution in [1.82, 2.24) is 9.80 Å². The molecule has 2 N–H and O–H groups in total. The van der Waals surface area contributed by atoms with E-state index in [1.807, 2.05) is 11.9 Å². The summed E-state index contributed by atoms with van der Waals surface area (Å²) in [7, 11) is 1.91. The number of hydrogen-bond donors (Lipinski definition) is 1. The highest BCUT2D eigenvalue weighted by Crippen LogP contribution is 2.28. The molecule has 1 aliphatic heterocycles. The van der Waals surface area contributed by atoms with Gasteiger partial charge in [0.15, 0.2) is 0 Å². The van der Waals surface area contributed by atoms with Gasteiger partial charge in [0, 0.05) is 31.7 Å². The molecule has 2 aliphatic rings. The molecule has 0 unspecified atom stereocenters. The quantitative estimate of drug-likeness (QED) is 0.747. The van der Waals surface area contributed by atoms with Crippen molar-refractivity contribution in [2.24, 2.45) is 11.7 Å². The number of nitrogens with two attached hydrogens (primary N) is 1. The van der Waals surface area contributed by atoms with Gasteiger partial charge in [-0.15, -0.1) is 0 Å². The van der Waals surface area contributed by atoms with Crippen LogP contribution in [0.3, 0.4) is 0 Å². The maximum absolute atomic E-state index is 11.9. The summed E-state index contributed by atoms with van der Waals surface area (Å²) in [5.41, 5.74) is 6.12. The molecule has 0 spiro atoms. The Morgan fingerprint density at radius 1 is 1.50 bits per heavy atom. The minimum absolute atomic E-state index is 0.0710. The third-order valence-electron chi connectivity index (χ3n) is 4.03. The van der Waals surface area contributed by atoms with Crippen LogP contribution in [-0.2, 0) is 4.79 Å². The van der Waals surface area contributed by atoms with Crippen LogP contribution < -0.4 is 5.73 Å². The molecule has 4 heteroatoms. The number of nitrogens with zero attached hydrogens (tertiary/aromatic N) is 2. The van der Waals surface area contributed by atoms with Crippen LogP contribution in [0.2, 0.25) is 0 Å². The van der Waals surface area contributed by atoms with Gasteiger partial charge in [-0.05, 0) is 18.8 Å². The molecular formula is C12H23N3O. The lowest BCUT2D eigenvalue weighted by atomic mass is 9.80. The third kappa shape index (κ3) is 2.23. The van der Waals surface area contributed by atoms with E-state index >= 15 is 0 Å². The zero-order chi connectivity index (χ0) is 11.9. The van der Waals surface area contributed by atoms with Gasteiger partial charge in [-0.3, -0.25) is 9.69 Å². The Labute approximate surface area is 97.8 Å². The maximum Gasteiger partial charge on any atom is 0.236 e. The Hall–Kier alpha value is -0.610. The van der Waals surface area contributed by atoms with Crippen molar-refractivity contribution < 1.29 is 4.79 Å². The summed E-state index contributed by atoms with van der Waals surface area (Å²) < 4.78 is 0.